The van der Waals surface area contributed by atoms with Gasteiger partial charge in [-0.1, -0.05) is 17.7 Å². The molecular formula is C21H26N8. The van der Waals surface area contributed by atoms with Crippen LogP contribution in [0.3, 0.4) is 0 Å². The summed E-state index contributed by atoms with van der Waals surface area (Å²) in [6.07, 6.45) is 5.23. The van der Waals surface area contributed by atoms with E-state index < -0.39 is 0 Å². The van der Waals surface area contributed by atoms with Crippen molar-refractivity contribution in [1.82, 2.24) is 19.9 Å². The average Bonchev–Trinajstić information content (AvgIpc) is 2.77. The van der Waals surface area contributed by atoms with E-state index >= 15 is 0 Å². The molecule has 0 spiro atoms. The molecule has 1 fully saturated rings. The van der Waals surface area contributed by atoms with E-state index in [1.807, 2.05) is 14.0 Å². The van der Waals surface area contributed by atoms with E-state index in [0.717, 1.165) is 60.8 Å². The normalized spacial score (nSPS) is 14.0. The van der Waals surface area contributed by atoms with E-state index in [0.29, 0.717) is 0 Å². The van der Waals surface area contributed by atoms with Crippen LogP contribution in [-0.2, 0) is 0 Å². The molecule has 1 aliphatic rings. The molecule has 0 aliphatic carbocycles. The fourth-order valence-electron chi connectivity index (χ4n) is 3.38. The molecular weight excluding hydrogens is 364 g/mol. The number of hydrogen-bond acceptors (Lipinski definition) is 8. The monoisotopic (exact) mass is 390 g/mol. The molecule has 0 bridgehead atoms. The predicted octanol–water partition coefficient (Wildman–Crippen LogP) is 3.00. The van der Waals surface area contributed by atoms with Crippen LogP contribution < -0.4 is 20.4 Å². The zero-order valence-electron chi connectivity index (χ0n) is 17.1. The molecule has 0 radical (unpaired) electrons. The quantitative estimate of drug-likeness (QED) is 0.688. The first-order valence-corrected chi connectivity index (χ1v) is 9.80. The third-order valence-electron chi connectivity index (χ3n) is 5.12. The van der Waals surface area contributed by atoms with Crippen LogP contribution in [0.2, 0.25) is 0 Å². The van der Waals surface area contributed by atoms with Gasteiger partial charge in [0.1, 0.15) is 17.5 Å². The Labute approximate surface area is 171 Å². The number of piperazine rings is 1. The minimum Gasteiger partial charge on any atom is -0.373 e. The number of aryl methyl sites for hydroxylation is 1. The topological polar surface area (TPSA) is 82.1 Å². The highest BCUT2D eigenvalue weighted by Crippen LogP contribution is 2.27. The van der Waals surface area contributed by atoms with Gasteiger partial charge in [-0.3, -0.25) is 4.98 Å². The van der Waals surface area contributed by atoms with Crippen LogP contribution >= 0.6 is 0 Å². The van der Waals surface area contributed by atoms with Crippen LogP contribution in [-0.4, -0.2) is 53.2 Å². The van der Waals surface area contributed by atoms with E-state index in [1.165, 1.54) is 5.56 Å². The molecule has 1 saturated heterocycles. The zero-order valence-corrected chi connectivity index (χ0v) is 17.1. The Morgan fingerprint density at radius 3 is 2.21 bits per heavy atom. The van der Waals surface area contributed by atoms with Crippen molar-refractivity contribution < 1.29 is 0 Å². The van der Waals surface area contributed by atoms with Crippen LogP contribution in [0.4, 0.5) is 29.1 Å². The summed E-state index contributed by atoms with van der Waals surface area (Å²) in [5.41, 5.74) is 3.24. The smallest absolute Gasteiger partial charge is 0.229 e. The van der Waals surface area contributed by atoms with Gasteiger partial charge in [-0.15, -0.1) is 0 Å². The van der Waals surface area contributed by atoms with Gasteiger partial charge in [0.25, 0.3) is 0 Å². The minimum atomic E-state index is 0.730. The molecule has 150 valence electrons. The third-order valence-corrected chi connectivity index (χ3v) is 5.12. The molecule has 2 aromatic heterocycles. The molecule has 3 heterocycles. The van der Waals surface area contributed by atoms with Gasteiger partial charge >= 0.3 is 0 Å². The van der Waals surface area contributed by atoms with Crippen molar-refractivity contribution >= 4 is 29.1 Å². The molecule has 1 aliphatic heterocycles. The first-order chi connectivity index (χ1) is 14.1. The van der Waals surface area contributed by atoms with Gasteiger partial charge in [-0.25, -0.2) is 4.98 Å². The molecule has 4 rings (SSSR count). The van der Waals surface area contributed by atoms with E-state index in [-0.39, 0.29) is 0 Å². The fourth-order valence-corrected chi connectivity index (χ4v) is 3.38. The lowest BCUT2D eigenvalue weighted by molar-refractivity contribution is 0.634. The van der Waals surface area contributed by atoms with Crippen LogP contribution in [0.5, 0.6) is 0 Å². The maximum atomic E-state index is 4.84. The minimum absolute atomic E-state index is 0.730. The average molecular weight is 390 g/mol. The van der Waals surface area contributed by atoms with Crippen LogP contribution in [0.25, 0.3) is 0 Å². The number of hydrogen-bond donors (Lipinski definition) is 2. The van der Waals surface area contributed by atoms with Crippen LogP contribution in [0.15, 0.2) is 42.9 Å². The SMILES string of the molecule is CNc1nc(N2CCN(c3cnccn3)CC2)nc(Nc2ccc(C)cc2)c1C. The molecule has 8 heteroatoms. The highest BCUT2D eigenvalue weighted by molar-refractivity contribution is 5.67. The number of benzene rings is 1. The molecule has 2 N–H and O–H groups in total. The second-order valence-corrected chi connectivity index (χ2v) is 7.12. The molecule has 0 saturated carbocycles. The Balaban J connectivity index is 1.54. The van der Waals surface area contributed by atoms with Gasteiger partial charge in [0.2, 0.25) is 5.95 Å². The summed E-state index contributed by atoms with van der Waals surface area (Å²) < 4.78 is 0. The lowest BCUT2D eigenvalue weighted by Gasteiger charge is -2.35. The van der Waals surface area contributed by atoms with Gasteiger partial charge in [0, 0.05) is 56.9 Å². The molecule has 3 aromatic rings. The highest BCUT2D eigenvalue weighted by atomic mass is 15.3. The molecule has 29 heavy (non-hydrogen) atoms. The first kappa shape index (κ1) is 18.9. The summed E-state index contributed by atoms with van der Waals surface area (Å²) in [5.74, 6) is 3.29. The fraction of sp³-hybridized carbons (Fsp3) is 0.333. The van der Waals surface area contributed by atoms with Crippen molar-refractivity contribution in [3.05, 3.63) is 54.0 Å². The summed E-state index contributed by atoms with van der Waals surface area (Å²) in [5, 5.41) is 6.64. The number of anilines is 5. The van der Waals surface area contributed by atoms with Crippen LogP contribution in [0.1, 0.15) is 11.1 Å². The second kappa shape index (κ2) is 8.30. The van der Waals surface area contributed by atoms with Crippen molar-refractivity contribution in [2.75, 3.05) is 53.7 Å². The summed E-state index contributed by atoms with van der Waals surface area (Å²) >= 11 is 0. The Morgan fingerprint density at radius 2 is 1.55 bits per heavy atom. The van der Waals surface area contributed by atoms with Crippen LogP contribution in [0, 0.1) is 13.8 Å². The van der Waals surface area contributed by atoms with Gasteiger partial charge in [0.15, 0.2) is 0 Å². The highest BCUT2D eigenvalue weighted by Gasteiger charge is 2.22. The van der Waals surface area contributed by atoms with E-state index in [1.54, 1.807) is 18.6 Å². The van der Waals surface area contributed by atoms with Crippen molar-refractivity contribution in [2.24, 2.45) is 0 Å². The summed E-state index contributed by atoms with van der Waals surface area (Å²) in [6, 6.07) is 8.30. The molecule has 0 amide bonds. The standard InChI is InChI=1S/C21H26N8/c1-15-4-6-17(7-5-15)25-20-16(2)19(22-3)26-21(27-20)29-12-10-28(11-13-29)18-14-23-8-9-24-18/h4-9,14H,10-13H2,1-3H3,(H2,22,25,26,27). The summed E-state index contributed by atoms with van der Waals surface area (Å²) in [7, 11) is 1.89. The molecule has 8 nitrogen and oxygen atoms in total. The predicted molar refractivity (Wildman–Crippen MR) is 117 cm³/mol. The van der Waals surface area contributed by atoms with Gasteiger partial charge < -0.3 is 20.4 Å². The third kappa shape index (κ3) is 4.21. The second-order valence-electron chi connectivity index (χ2n) is 7.12. The Kier molecular flexibility index (Phi) is 5.41. The van der Waals surface area contributed by atoms with Crippen molar-refractivity contribution in [2.45, 2.75) is 13.8 Å². The first-order valence-electron chi connectivity index (χ1n) is 9.80. The Morgan fingerprint density at radius 1 is 0.862 bits per heavy atom. The largest absolute Gasteiger partial charge is 0.373 e. The number of nitrogens with one attached hydrogen (secondary N) is 2. The maximum Gasteiger partial charge on any atom is 0.229 e. The Bertz CT molecular complexity index is 950. The number of rotatable bonds is 5. The summed E-state index contributed by atoms with van der Waals surface area (Å²) in [6.45, 7) is 7.46. The Hall–Kier alpha value is -3.42. The number of nitrogens with zero attached hydrogens (tertiary/aromatic N) is 6. The van der Waals surface area contributed by atoms with E-state index in [9.17, 15) is 0 Å². The lowest BCUT2D eigenvalue weighted by atomic mass is 10.2. The lowest BCUT2D eigenvalue weighted by Crippen LogP contribution is -2.47. The van der Waals surface area contributed by atoms with Crippen molar-refractivity contribution in [1.29, 1.82) is 0 Å². The maximum absolute atomic E-state index is 4.84. The zero-order chi connectivity index (χ0) is 20.2. The van der Waals surface area contributed by atoms with Crippen molar-refractivity contribution in [3.63, 3.8) is 0 Å². The molecule has 1 aromatic carbocycles. The van der Waals surface area contributed by atoms with Gasteiger partial charge in [0.05, 0.1) is 6.20 Å². The van der Waals surface area contributed by atoms with Gasteiger partial charge in [-0.05, 0) is 26.0 Å². The molecule has 0 atom stereocenters. The van der Waals surface area contributed by atoms with Gasteiger partial charge in [-0.2, -0.15) is 9.97 Å². The van der Waals surface area contributed by atoms with E-state index in [4.69, 9.17) is 9.97 Å². The van der Waals surface area contributed by atoms with E-state index in [2.05, 4.69) is 61.6 Å². The molecule has 0 unspecified atom stereocenters. The number of aromatic nitrogens is 4. The summed E-state index contributed by atoms with van der Waals surface area (Å²) in [4.78, 5) is 22.6. The van der Waals surface area contributed by atoms with Crippen molar-refractivity contribution in [3.8, 4) is 0 Å².